The molecule has 3 aromatic carbocycles. The molecule has 158 valence electrons. The standard InChI is InChI=1S/C27H23N3O2/c1-2-18-27(20-28,21-29)25(23-14-8-4-9-15-23)30(24-16-10-5-11-17-24)26(31)32-19-22-12-6-3-7-13-22/h2-17,25H,1,18-19H2. The first-order chi connectivity index (χ1) is 15.6. The van der Waals surface area contributed by atoms with Gasteiger partial charge in [0.05, 0.1) is 18.2 Å². The molecule has 0 bridgehead atoms. The largest absolute Gasteiger partial charge is 0.444 e. The van der Waals surface area contributed by atoms with E-state index in [0.29, 0.717) is 11.3 Å². The van der Waals surface area contributed by atoms with Gasteiger partial charge in [0.15, 0.2) is 5.41 Å². The van der Waals surface area contributed by atoms with Gasteiger partial charge in [0.25, 0.3) is 0 Å². The Morgan fingerprint density at radius 2 is 1.47 bits per heavy atom. The third-order valence-corrected chi connectivity index (χ3v) is 5.14. The van der Waals surface area contributed by atoms with Crippen LogP contribution in [0.4, 0.5) is 10.5 Å². The van der Waals surface area contributed by atoms with Crippen molar-refractivity contribution in [3.8, 4) is 12.1 Å². The summed E-state index contributed by atoms with van der Waals surface area (Å²) in [7, 11) is 0. The van der Waals surface area contributed by atoms with E-state index in [-0.39, 0.29) is 13.0 Å². The molecule has 0 aromatic heterocycles. The van der Waals surface area contributed by atoms with Crippen LogP contribution >= 0.6 is 0 Å². The summed E-state index contributed by atoms with van der Waals surface area (Å²) in [6.07, 6.45) is 0.961. The molecular weight excluding hydrogens is 398 g/mol. The predicted octanol–water partition coefficient (Wildman–Crippen LogP) is 6.18. The van der Waals surface area contributed by atoms with E-state index in [0.717, 1.165) is 5.56 Å². The number of hydrogen-bond donors (Lipinski definition) is 0. The van der Waals surface area contributed by atoms with Gasteiger partial charge in [-0.1, -0.05) is 84.9 Å². The van der Waals surface area contributed by atoms with Crippen LogP contribution in [0.5, 0.6) is 0 Å². The van der Waals surface area contributed by atoms with Gasteiger partial charge in [-0.15, -0.1) is 6.58 Å². The summed E-state index contributed by atoms with van der Waals surface area (Å²) >= 11 is 0. The van der Waals surface area contributed by atoms with Crippen molar-refractivity contribution in [1.29, 1.82) is 10.5 Å². The van der Waals surface area contributed by atoms with E-state index < -0.39 is 17.6 Å². The average molecular weight is 422 g/mol. The molecule has 0 fully saturated rings. The summed E-state index contributed by atoms with van der Waals surface area (Å²) in [6, 6.07) is 30.8. The number of para-hydroxylation sites is 1. The molecule has 0 N–H and O–H groups in total. The highest BCUT2D eigenvalue weighted by Crippen LogP contribution is 2.43. The van der Waals surface area contributed by atoms with Crippen molar-refractivity contribution in [3.05, 3.63) is 115 Å². The summed E-state index contributed by atoms with van der Waals surface area (Å²) in [5, 5.41) is 20.3. The summed E-state index contributed by atoms with van der Waals surface area (Å²) in [5.41, 5.74) is 0.449. The van der Waals surface area contributed by atoms with Gasteiger partial charge in [-0.05, 0) is 29.7 Å². The minimum absolute atomic E-state index is 0.0675. The molecule has 0 aliphatic rings. The zero-order valence-electron chi connectivity index (χ0n) is 17.6. The maximum atomic E-state index is 13.5. The van der Waals surface area contributed by atoms with Crippen LogP contribution in [-0.4, -0.2) is 6.09 Å². The first-order valence-electron chi connectivity index (χ1n) is 10.2. The number of amides is 1. The highest BCUT2D eigenvalue weighted by Gasteiger charge is 2.46. The molecule has 0 aliphatic carbocycles. The zero-order chi connectivity index (χ0) is 22.8. The number of carbonyl (C=O) groups excluding carboxylic acids is 1. The Labute approximate surface area is 188 Å². The van der Waals surface area contributed by atoms with Gasteiger partial charge in [0.1, 0.15) is 6.61 Å². The van der Waals surface area contributed by atoms with Crippen LogP contribution in [0.15, 0.2) is 104 Å². The fourth-order valence-electron chi connectivity index (χ4n) is 3.60. The van der Waals surface area contributed by atoms with Crippen molar-refractivity contribution in [2.24, 2.45) is 5.41 Å². The minimum atomic E-state index is -1.56. The smallest absolute Gasteiger partial charge is 0.415 e. The van der Waals surface area contributed by atoms with Crippen molar-refractivity contribution in [2.75, 3.05) is 4.90 Å². The number of nitrogens with zero attached hydrogens (tertiary/aromatic N) is 3. The lowest BCUT2D eigenvalue weighted by Gasteiger charge is -2.37. The van der Waals surface area contributed by atoms with E-state index in [1.807, 2.05) is 54.6 Å². The quantitative estimate of drug-likeness (QED) is 0.407. The molecule has 1 atom stereocenters. The van der Waals surface area contributed by atoms with Crippen molar-refractivity contribution in [1.82, 2.24) is 0 Å². The number of rotatable bonds is 8. The van der Waals surface area contributed by atoms with Gasteiger partial charge >= 0.3 is 6.09 Å². The van der Waals surface area contributed by atoms with Crippen LogP contribution in [0.3, 0.4) is 0 Å². The summed E-state index contributed by atoms with van der Waals surface area (Å²) < 4.78 is 5.65. The Balaban J connectivity index is 2.12. The summed E-state index contributed by atoms with van der Waals surface area (Å²) in [5.74, 6) is 0. The Morgan fingerprint density at radius 1 is 0.938 bits per heavy atom. The van der Waals surface area contributed by atoms with Gasteiger partial charge in [0.2, 0.25) is 0 Å². The molecule has 0 radical (unpaired) electrons. The molecule has 0 saturated carbocycles. The van der Waals surface area contributed by atoms with E-state index in [2.05, 4.69) is 18.7 Å². The highest BCUT2D eigenvalue weighted by atomic mass is 16.6. The molecule has 5 nitrogen and oxygen atoms in total. The molecule has 3 aromatic rings. The van der Waals surface area contributed by atoms with Crippen LogP contribution in [0, 0.1) is 28.1 Å². The molecule has 32 heavy (non-hydrogen) atoms. The van der Waals surface area contributed by atoms with E-state index in [1.165, 1.54) is 11.0 Å². The minimum Gasteiger partial charge on any atom is -0.444 e. The van der Waals surface area contributed by atoms with Crippen molar-refractivity contribution < 1.29 is 9.53 Å². The monoisotopic (exact) mass is 421 g/mol. The number of allylic oxidation sites excluding steroid dienone is 1. The van der Waals surface area contributed by atoms with Crippen molar-refractivity contribution >= 4 is 11.8 Å². The lowest BCUT2D eigenvalue weighted by Crippen LogP contribution is -2.44. The molecule has 1 amide bonds. The lowest BCUT2D eigenvalue weighted by atomic mass is 9.75. The van der Waals surface area contributed by atoms with E-state index in [9.17, 15) is 15.3 Å². The van der Waals surface area contributed by atoms with E-state index in [1.54, 1.807) is 36.4 Å². The first-order valence-corrected chi connectivity index (χ1v) is 10.2. The molecule has 0 spiro atoms. The molecule has 3 rings (SSSR count). The number of carbonyl (C=O) groups is 1. The zero-order valence-corrected chi connectivity index (χ0v) is 17.6. The number of nitriles is 2. The van der Waals surface area contributed by atoms with Gasteiger partial charge in [-0.25, -0.2) is 4.79 Å². The molecule has 5 heteroatoms. The van der Waals surface area contributed by atoms with Crippen LogP contribution in [-0.2, 0) is 11.3 Å². The van der Waals surface area contributed by atoms with Crippen molar-refractivity contribution in [2.45, 2.75) is 19.1 Å². The molecule has 0 heterocycles. The maximum absolute atomic E-state index is 13.5. The summed E-state index contributed by atoms with van der Waals surface area (Å²) in [4.78, 5) is 14.9. The lowest BCUT2D eigenvalue weighted by molar-refractivity contribution is 0.141. The maximum Gasteiger partial charge on any atom is 0.415 e. The third-order valence-electron chi connectivity index (χ3n) is 5.14. The Hall–Kier alpha value is -4.35. The van der Waals surface area contributed by atoms with Gasteiger partial charge in [-0.2, -0.15) is 10.5 Å². The van der Waals surface area contributed by atoms with Crippen LogP contribution in [0.1, 0.15) is 23.6 Å². The molecule has 0 aliphatic heterocycles. The topological polar surface area (TPSA) is 77.1 Å². The predicted molar refractivity (Wildman–Crippen MR) is 123 cm³/mol. The SMILES string of the molecule is C=CCC(C#N)(C#N)C(c1ccccc1)N(C(=O)OCc1ccccc1)c1ccccc1. The van der Waals surface area contributed by atoms with Gasteiger partial charge in [-0.3, -0.25) is 4.90 Å². The number of benzene rings is 3. The van der Waals surface area contributed by atoms with E-state index >= 15 is 0 Å². The number of hydrogen-bond acceptors (Lipinski definition) is 4. The highest BCUT2D eigenvalue weighted by molar-refractivity contribution is 5.89. The van der Waals surface area contributed by atoms with Crippen LogP contribution < -0.4 is 4.90 Å². The Bertz CT molecular complexity index is 1100. The number of ether oxygens (including phenoxy) is 1. The molecule has 0 saturated heterocycles. The Morgan fingerprint density at radius 3 is 2.00 bits per heavy atom. The number of anilines is 1. The van der Waals surface area contributed by atoms with Crippen molar-refractivity contribution in [3.63, 3.8) is 0 Å². The third kappa shape index (κ3) is 4.86. The second-order valence-electron chi connectivity index (χ2n) is 7.25. The second kappa shape index (κ2) is 10.6. The van der Waals surface area contributed by atoms with Gasteiger partial charge in [0, 0.05) is 5.69 Å². The fraction of sp³-hybridized carbons (Fsp3) is 0.148. The normalized spacial score (nSPS) is 11.4. The van der Waals surface area contributed by atoms with E-state index in [4.69, 9.17) is 4.74 Å². The average Bonchev–Trinajstić information content (AvgIpc) is 2.86. The summed E-state index contributed by atoms with van der Waals surface area (Å²) in [6.45, 7) is 3.80. The van der Waals surface area contributed by atoms with Gasteiger partial charge < -0.3 is 4.74 Å². The molecular formula is C27H23N3O2. The van der Waals surface area contributed by atoms with Crippen LogP contribution in [0.2, 0.25) is 0 Å². The van der Waals surface area contributed by atoms with Crippen LogP contribution in [0.25, 0.3) is 0 Å². The Kier molecular flexibility index (Phi) is 7.41. The molecule has 1 unspecified atom stereocenters. The second-order valence-corrected chi connectivity index (χ2v) is 7.25. The fourth-order valence-corrected chi connectivity index (χ4v) is 3.60. The first kappa shape index (κ1) is 22.3.